The van der Waals surface area contributed by atoms with Gasteiger partial charge in [0.05, 0.1) is 6.10 Å². The van der Waals surface area contributed by atoms with Crippen molar-refractivity contribution in [2.45, 2.75) is 31.8 Å². The molecule has 10 heavy (non-hydrogen) atoms. The monoisotopic (exact) mass is 142 g/mol. The summed E-state index contributed by atoms with van der Waals surface area (Å²) in [4.78, 5) is 10.5. The Kier molecular flexibility index (Phi) is 4.85. The van der Waals surface area contributed by atoms with Gasteiger partial charge in [0, 0.05) is 12.8 Å². The molecule has 1 aliphatic carbocycles. The zero-order valence-corrected chi connectivity index (χ0v) is 6.18. The highest BCUT2D eigenvalue weighted by molar-refractivity contribution is 5.79. The summed E-state index contributed by atoms with van der Waals surface area (Å²) in [5, 5.41) is 8.87. The van der Waals surface area contributed by atoms with Gasteiger partial charge in [-0.1, -0.05) is 0 Å². The molecular weight excluding hydrogens is 128 g/mol. The minimum absolute atomic E-state index is 0.201. The second-order valence-corrected chi connectivity index (χ2v) is 2.27. The summed E-state index contributed by atoms with van der Waals surface area (Å²) in [5.74, 6) is 0.301. The molecule has 0 aliphatic heterocycles. The molecule has 2 nitrogen and oxygen atoms in total. The number of aliphatic hydroxyl groups is 1. The fraction of sp³-hybridized carbons (Fsp3) is 0.625. The number of ketones is 1. The van der Waals surface area contributed by atoms with Crippen LogP contribution in [0, 0.1) is 0 Å². The van der Waals surface area contributed by atoms with Crippen molar-refractivity contribution in [3.8, 4) is 0 Å². The molecule has 1 rings (SSSR count). The Morgan fingerprint density at radius 1 is 1.30 bits per heavy atom. The van der Waals surface area contributed by atoms with Gasteiger partial charge in [-0.25, -0.2) is 0 Å². The molecule has 0 heterocycles. The number of hydrogen-bond donors (Lipinski definition) is 1. The summed E-state index contributed by atoms with van der Waals surface area (Å²) in [7, 11) is 0. The maximum atomic E-state index is 10.5. The lowest BCUT2D eigenvalue weighted by Crippen LogP contribution is -2.17. The minimum atomic E-state index is -0.201. The number of hydrogen-bond acceptors (Lipinski definition) is 2. The van der Waals surface area contributed by atoms with E-state index in [1.807, 2.05) is 0 Å². The molecule has 2 heteroatoms. The minimum Gasteiger partial charge on any atom is -0.393 e. The molecular formula is C8H14O2. The van der Waals surface area contributed by atoms with Gasteiger partial charge in [-0.15, -0.1) is 13.2 Å². The summed E-state index contributed by atoms with van der Waals surface area (Å²) in [6.07, 6.45) is 2.33. The van der Waals surface area contributed by atoms with E-state index in [4.69, 9.17) is 5.11 Å². The van der Waals surface area contributed by atoms with Gasteiger partial charge in [0.25, 0.3) is 0 Å². The highest BCUT2D eigenvalue weighted by Gasteiger charge is 2.14. The van der Waals surface area contributed by atoms with Gasteiger partial charge in [0.1, 0.15) is 5.78 Å². The Bertz CT molecular complexity index is 99.8. The highest BCUT2D eigenvalue weighted by atomic mass is 16.3. The van der Waals surface area contributed by atoms with Crippen molar-refractivity contribution in [2.24, 2.45) is 0 Å². The fourth-order valence-corrected chi connectivity index (χ4v) is 0.925. The molecule has 0 unspecified atom stereocenters. The first kappa shape index (κ1) is 9.37. The summed E-state index contributed by atoms with van der Waals surface area (Å²) >= 11 is 0. The van der Waals surface area contributed by atoms with Crippen molar-refractivity contribution in [2.75, 3.05) is 0 Å². The molecule has 1 N–H and O–H groups in total. The predicted molar refractivity (Wildman–Crippen MR) is 40.7 cm³/mol. The van der Waals surface area contributed by atoms with Crippen LogP contribution in [0.1, 0.15) is 25.7 Å². The SMILES string of the molecule is C=C.O=C1CCC(O)CC1. The van der Waals surface area contributed by atoms with E-state index in [0.29, 0.717) is 31.5 Å². The van der Waals surface area contributed by atoms with E-state index < -0.39 is 0 Å². The Balaban J connectivity index is 0.000000371. The first-order chi connectivity index (χ1) is 4.79. The van der Waals surface area contributed by atoms with Crippen LogP contribution in [0.3, 0.4) is 0 Å². The fourth-order valence-electron chi connectivity index (χ4n) is 0.925. The van der Waals surface area contributed by atoms with E-state index in [9.17, 15) is 4.79 Å². The molecule has 0 aromatic heterocycles. The topological polar surface area (TPSA) is 37.3 Å². The number of aliphatic hydroxyl groups excluding tert-OH is 1. The van der Waals surface area contributed by atoms with Crippen LogP contribution < -0.4 is 0 Å². The lowest BCUT2D eigenvalue weighted by molar-refractivity contribution is -0.122. The molecule has 0 saturated heterocycles. The Labute approximate surface area is 61.6 Å². The smallest absolute Gasteiger partial charge is 0.133 e. The van der Waals surface area contributed by atoms with E-state index >= 15 is 0 Å². The quantitative estimate of drug-likeness (QED) is 0.517. The molecule has 0 radical (unpaired) electrons. The van der Waals surface area contributed by atoms with Crippen molar-refractivity contribution in [3.63, 3.8) is 0 Å². The zero-order valence-electron chi connectivity index (χ0n) is 6.18. The van der Waals surface area contributed by atoms with Crippen molar-refractivity contribution >= 4 is 5.78 Å². The molecule has 0 amide bonds. The number of rotatable bonds is 0. The zero-order chi connectivity index (χ0) is 7.98. The van der Waals surface area contributed by atoms with Crippen LogP contribution in [0.25, 0.3) is 0 Å². The first-order valence-corrected chi connectivity index (χ1v) is 3.49. The molecule has 0 spiro atoms. The average Bonchev–Trinajstić information content (AvgIpc) is 2.00. The standard InChI is InChI=1S/C6H10O2.C2H4/c7-5-1-2-6(8)4-3-5;1-2/h5,7H,1-4H2;1-2H2. The van der Waals surface area contributed by atoms with Gasteiger partial charge >= 0.3 is 0 Å². The molecule has 1 saturated carbocycles. The lowest BCUT2D eigenvalue weighted by Gasteiger charge is -2.13. The Morgan fingerprint density at radius 3 is 2.00 bits per heavy atom. The van der Waals surface area contributed by atoms with E-state index in [1.165, 1.54) is 0 Å². The maximum absolute atomic E-state index is 10.5. The van der Waals surface area contributed by atoms with Gasteiger partial charge in [-0.2, -0.15) is 0 Å². The molecule has 0 aromatic carbocycles. The van der Waals surface area contributed by atoms with E-state index in [1.54, 1.807) is 0 Å². The second kappa shape index (κ2) is 5.18. The molecule has 0 atom stereocenters. The second-order valence-electron chi connectivity index (χ2n) is 2.27. The number of Topliss-reactive ketones (excluding diaryl/α,β-unsaturated/α-hetero) is 1. The third-order valence-corrected chi connectivity index (χ3v) is 1.51. The largest absolute Gasteiger partial charge is 0.393 e. The molecule has 1 fully saturated rings. The lowest BCUT2D eigenvalue weighted by atomic mass is 9.97. The van der Waals surface area contributed by atoms with Gasteiger partial charge in [0.15, 0.2) is 0 Å². The van der Waals surface area contributed by atoms with E-state index in [-0.39, 0.29) is 6.10 Å². The van der Waals surface area contributed by atoms with Crippen LogP contribution in [0.2, 0.25) is 0 Å². The van der Waals surface area contributed by atoms with Crippen molar-refractivity contribution < 1.29 is 9.90 Å². The van der Waals surface area contributed by atoms with Crippen LogP contribution in [-0.4, -0.2) is 17.0 Å². The first-order valence-electron chi connectivity index (χ1n) is 3.49. The van der Waals surface area contributed by atoms with Gasteiger partial charge < -0.3 is 5.11 Å². The third-order valence-electron chi connectivity index (χ3n) is 1.51. The van der Waals surface area contributed by atoms with E-state index in [0.717, 1.165) is 0 Å². The average molecular weight is 142 g/mol. The number of carbonyl (C=O) groups is 1. The normalized spacial score (nSPS) is 19.5. The van der Waals surface area contributed by atoms with Crippen LogP contribution in [0.15, 0.2) is 13.2 Å². The van der Waals surface area contributed by atoms with Crippen molar-refractivity contribution in [3.05, 3.63) is 13.2 Å². The number of carbonyl (C=O) groups excluding carboxylic acids is 1. The van der Waals surface area contributed by atoms with Crippen molar-refractivity contribution in [1.82, 2.24) is 0 Å². The Hall–Kier alpha value is -0.630. The van der Waals surface area contributed by atoms with E-state index in [2.05, 4.69) is 13.2 Å². The van der Waals surface area contributed by atoms with Gasteiger partial charge in [0.2, 0.25) is 0 Å². The molecule has 0 bridgehead atoms. The summed E-state index contributed by atoms with van der Waals surface area (Å²) in [6.45, 7) is 6.00. The maximum Gasteiger partial charge on any atom is 0.133 e. The van der Waals surface area contributed by atoms with Gasteiger partial charge in [-0.3, -0.25) is 4.79 Å². The summed E-state index contributed by atoms with van der Waals surface area (Å²) < 4.78 is 0. The van der Waals surface area contributed by atoms with Crippen LogP contribution >= 0.6 is 0 Å². The third kappa shape index (κ3) is 3.41. The highest BCUT2D eigenvalue weighted by Crippen LogP contribution is 2.13. The summed E-state index contributed by atoms with van der Waals surface area (Å²) in [5.41, 5.74) is 0. The van der Waals surface area contributed by atoms with Crippen LogP contribution in [-0.2, 0) is 4.79 Å². The van der Waals surface area contributed by atoms with Crippen LogP contribution in [0.4, 0.5) is 0 Å². The van der Waals surface area contributed by atoms with Crippen molar-refractivity contribution in [1.29, 1.82) is 0 Å². The molecule has 0 aromatic rings. The summed E-state index contributed by atoms with van der Waals surface area (Å²) in [6, 6.07) is 0. The molecule has 58 valence electrons. The van der Waals surface area contributed by atoms with Crippen LogP contribution in [0.5, 0.6) is 0 Å². The van der Waals surface area contributed by atoms with Gasteiger partial charge in [-0.05, 0) is 12.8 Å². The predicted octanol–water partition coefficient (Wildman–Crippen LogP) is 1.29. The Morgan fingerprint density at radius 2 is 1.70 bits per heavy atom. The molecule has 1 aliphatic rings.